The molecule has 2 aromatic heterocycles. The van der Waals surface area contributed by atoms with Gasteiger partial charge in [-0.15, -0.1) is 0 Å². The van der Waals surface area contributed by atoms with Gasteiger partial charge >= 0.3 is 0 Å². The van der Waals surface area contributed by atoms with Gasteiger partial charge in [0, 0.05) is 25.5 Å². The van der Waals surface area contributed by atoms with Crippen molar-refractivity contribution in [1.29, 1.82) is 0 Å². The van der Waals surface area contributed by atoms with Crippen molar-refractivity contribution in [2.24, 2.45) is 0 Å². The summed E-state index contributed by atoms with van der Waals surface area (Å²) in [5.74, 6) is 1.59. The van der Waals surface area contributed by atoms with Crippen LogP contribution in [0.2, 0.25) is 0 Å². The van der Waals surface area contributed by atoms with E-state index in [1.54, 1.807) is 18.3 Å². The number of hydrogen-bond donors (Lipinski definition) is 2. The SMILES string of the molecule is Cc1ccc(CN2CC[C@@H](NC(=O)c3cccnc3)[C@H](O)C2)o1. The van der Waals surface area contributed by atoms with Crippen molar-refractivity contribution in [3.8, 4) is 0 Å². The topological polar surface area (TPSA) is 78.6 Å². The number of aromatic nitrogens is 1. The van der Waals surface area contributed by atoms with Gasteiger partial charge in [0.2, 0.25) is 0 Å². The van der Waals surface area contributed by atoms with Crippen LogP contribution in [0.4, 0.5) is 0 Å². The van der Waals surface area contributed by atoms with Gasteiger partial charge in [-0.25, -0.2) is 0 Å². The van der Waals surface area contributed by atoms with Crippen molar-refractivity contribution < 1.29 is 14.3 Å². The third-order valence-corrected chi connectivity index (χ3v) is 4.08. The molecule has 0 unspecified atom stereocenters. The average molecular weight is 315 g/mol. The molecule has 2 atom stereocenters. The Bertz CT molecular complexity index is 656. The van der Waals surface area contributed by atoms with Crippen LogP contribution in [0.25, 0.3) is 0 Å². The second kappa shape index (κ2) is 6.93. The van der Waals surface area contributed by atoms with E-state index >= 15 is 0 Å². The first-order chi connectivity index (χ1) is 11.1. The minimum atomic E-state index is -0.597. The summed E-state index contributed by atoms with van der Waals surface area (Å²) in [5, 5.41) is 13.2. The van der Waals surface area contributed by atoms with Crippen molar-refractivity contribution in [3.63, 3.8) is 0 Å². The minimum absolute atomic E-state index is 0.197. The molecule has 6 nitrogen and oxygen atoms in total. The maximum absolute atomic E-state index is 12.1. The van der Waals surface area contributed by atoms with E-state index < -0.39 is 6.10 Å². The monoisotopic (exact) mass is 315 g/mol. The van der Waals surface area contributed by atoms with Crippen LogP contribution >= 0.6 is 0 Å². The minimum Gasteiger partial charge on any atom is -0.465 e. The summed E-state index contributed by atoms with van der Waals surface area (Å²) in [6, 6.07) is 7.09. The summed E-state index contributed by atoms with van der Waals surface area (Å²) >= 11 is 0. The summed E-state index contributed by atoms with van der Waals surface area (Å²) in [6.45, 7) is 3.90. The molecule has 2 N–H and O–H groups in total. The van der Waals surface area contributed by atoms with E-state index in [0.29, 0.717) is 25.1 Å². The summed E-state index contributed by atoms with van der Waals surface area (Å²) in [7, 11) is 0. The van der Waals surface area contributed by atoms with Crippen LogP contribution in [0.1, 0.15) is 28.3 Å². The van der Waals surface area contributed by atoms with Crippen LogP contribution in [0.3, 0.4) is 0 Å². The average Bonchev–Trinajstić information content (AvgIpc) is 2.96. The Morgan fingerprint density at radius 3 is 3.00 bits per heavy atom. The van der Waals surface area contributed by atoms with Crippen molar-refractivity contribution in [2.45, 2.75) is 32.0 Å². The highest BCUT2D eigenvalue weighted by Crippen LogP contribution is 2.16. The van der Waals surface area contributed by atoms with Gasteiger partial charge in [0.15, 0.2) is 0 Å². The first-order valence-corrected chi connectivity index (χ1v) is 7.78. The summed E-state index contributed by atoms with van der Waals surface area (Å²) in [6.07, 6.45) is 3.25. The Labute approximate surface area is 135 Å². The van der Waals surface area contributed by atoms with Crippen LogP contribution in [0, 0.1) is 6.92 Å². The molecule has 1 amide bonds. The molecule has 0 radical (unpaired) electrons. The quantitative estimate of drug-likeness (QED) is 0.890. The number of aliphatic hydroxyl groups excluding tert-OH is 1. The fourth-order valence-corrected chi connectivity index (χ4v) is 2.85. The molecular formula is C17H21N3O3. The lowest BCUT2D eigenvalue weighted by Gasteiger charge is -2.35. The Kier molecular flexibility index (Phi) is 4.73. The Morgan fingerprint density at radius 2 is 2.35 bits per heavy atom. The molecule has 0 saturated carbocycles. The molecule has 6 heteroatoms. The zero-order chi connectivity index (χ0) is 16.2. The first-order valence-electron chi connectivity index (χ1n) is 7.78. The number of pyridine rings is 1. The van der Waals surface area contributed by atoms with Crippen molar-refractivity contribution in [2.75, 3.05) is 13.1 Å². The molecule has 0 aromatic carbocycles. The third-order valence-electron chi connectivity index (χ3n) is 4.08. The highest BCUT2D eigenvalue weighted by Gasteiger charge is 2.29. The van der Waals surface area contributed by atoms with Crippen molar-refractivity contribution >= 4 is 5.91 Å². The fourth-order valence-electron chi connectivity index (χ4n) is 2.85. The molecular weight excluding hydrogens is 294 g/mol. The number of nitrogens with one attached hydrogen (secondary N) is 1. The van der Waals surface area contributed by atoms with Crippen LogP contribution in [0.5, 0.6) is 0 Å². The molecule has 3 heterocycles. The lowest BCUT2D eigenvalue weighted by atomic mass is 10.0. The van der Waals surface area contributed by atoms with E-state index in [0.717, 1.165) is 18.1 Å². The Balaban J connectivity index is 1.53. The molecule has 2 aromatic rings. The predicted molar refractivity (Wildman–Crippen MR) is 84.8 cm³/mol. The van der Waals surface area contributed by atoms with E-state index in [1.807, 2.05) is 19.1 Å². The van der Waals surface area contributed by atoms with E-state index in [2.05, 4.69) is 15.2 Å². The van der Waals surface area contributed by atoms with E-state index in [4.69, 9.17) is 4.42 Å². The number of aryl methyl sites for hydroxylation is 1. The molecule has 1 aliphatic rings. The molecule has 3 rings (SSSR count). The largest absolute Gasteiger partial charge is 0.465 e. The summed E-state index contributed by atoms with van der Waals surface area (Å²) in [4.78, 5) is 18.2. The number of piperidine rings is 1. The van der Waals surface area contributed by atoms with Gasteiger partial charge in [-0.05, 0) is 37.6 Å². The second-order valence-corrected chi connectivity index (χ2v) is 5.93. The number of aliphatic hydroxyl groups is 1. The summed E-state index contributed by atoms with van der Waals surface area (Å²) in [5.41, 5.74) is 0.508. The van der Waals surface area contributed by atoms with Gasteiger partial charge in [-0.3, -0.25) is 14.7 Å². The standard InChI is InChI=1S/C17H21N3O3/c1-12-4-5-14(23-12)10-20-8-6-15(16(21)11-20)19-17(22)13-3-2-7-18-9-13/h2-5,7,9,15-16,21H,6,8,10-11H2,1H3,(H,19,22)/t15-,16-/m1/s1. The number of β-amino-alcohol motifs (C(OH)–C–C–N with tert-alkyl or cyclic N) is 1. The fraction of sp³-hybridized carbons (Fsp3) is 0.412. The maximum atomic E-state index is 12.1. The molecule has 0 spiro atoms. The van der Waals surface area contributed by atoms with Crippen LogP contribution in [-0.4, -0.2) is 46.1 Å². The smallest absolute Gasteiger partial charge is 0.253 e. The van der Waals surface area contributed by atoms with Gasteiger partial charge in [0.25, 0.3) is 5.91 Å². The van der Waals surface area contributed by atoms with Crippen molar-refractivity contribution in [1.82, 2.24) is 15.2 Å². The number of carbonyl (C=O) groups excluding carboxylic acids is 1. The van der Waals surface area contributed by atoms with Crippen LogP contribution in [-0.2, 0) is 6.54 Å². The van der Waals surface area contributed by atoms with Crippen molar-refractivity contribution in [3.05, 3.63) is 53.7 Å². The zero-order valence-electron chi connectivity index (χ0n) is 13.1. The number of likely N-dealkylation sites (tertiary alicyclic amines) is 1. The predicted octanol–water partition coefficient (Wildman–Crippen LogP) is 1.35. The third kappa shape index (κ3) is 3.97. The lowest BCUT2D eigenvalue weighted by molar-refractivity contribution is 0.0325. The number of hydrogen-bond acceptors (Lipinski definition) is 5. The van der Waals surface area contributed by atoms with Gasteiger partial charge in [-0.2, -0.15) is 0 Å². The molecule has 1 fully saturated rings. The van der Waals surface area contributed by atoms with Gasteiger partial charge in [0.1, 0.15) is 11.5 Å². The molecule has 23 heavy (non-hydrogen) atoms. The molecule has 122 valence electrons. The van der Waals surface area contributed by atoms with E-state index in [9.17, 15) is 9.90 Å². The normalized spacial score (nSPS) is 22.0. The number of amides is 1. The molecule has 0 bridgehead atoms. The highest BCUT2D eigenvalue weighted by atomic mass is 16.3. The first kappa shape index (κ1) is 15.7. The van der Waals surface area contributed by atoms with Gasteiger partial charge in [0.05, 0.1) is 24.3 Å². The molecule has 1 saturated heterocycles. The van der Waals surface area contributed by atoms with Crippen LogP contribution in [0.15, 0.2) is 41.1 Å². The highest BCUT2D eigenvalue weighted by molar-refractivity contribution is 5.94. The number of nitrogens with zero attached hydrogens (tertiary/aromatic N) is 2. The molecule has 0 aliphatic carbocycles. The number of rotatable bonds is 4. The summed E-state index contributed by atoms with van der Waals surface area (Å²) < 4.78 is 5.57. The molecule has 1 aliphatic heterocycles. The van der Waals surface area contributed by atoms with E-state index in [1.165, 1.54) is 6.20 Å². The van der Waals surface area contributed by atoms with E-state index in [-0.39, 0.29) is 11.9 Å². The van der Waals surface area contributed by atoms with Gasteiger partial charge in [-0.1, -0.05) is 0 Å². The Hall–Kier alpha value is -2.18. The number of furan rings is 1. The van der Waals surface area contributed by atoms with Crippen LogP contribution < -0.4 is 5.32 Å². The maximum Gasteiger partial charge on any atom is 0.253 e. The lowest BCUT2D eigenvalue weighted by Crippen LogP contribution is -2.53. The second-order valence-electron chi connectivity index (χ2n) is 5.93. The number of carbonyl (C=O) groups is 1. The zero-order valence-corrected chi connectivity index (χ0v) is 13.1. The Morgan fingerprint density at radius 1 is 1.48 bits per heavy atom. The van der Waals surface area contributed by atoms with Gasteiger partial charge < -0.3 is 14.8 Å².